The summed E-state index contributed by atoms with van der Waals surface area (Å²) in [4.78, 5) is 4.16. The molecular formula is C15H10ClF2N5. The Morgan fingerprint density at radius 3 is 2.57 bits per heavy atom. The highest BCUT2D eigenvalue weighted by Gasteiger charge is 2.06. The lowest BCUT2D eigenvalue weighted by atomic mass is 10.3. The SMILES string of the molecule is Fc1ccc(Nc2nncc(Nc3ccccc3F)n2)cc1Cl. The number of para-hydroxylation sites is 1. The van der Waals surface area contributed by atoms with E-state index in [1.54, 1.807) is 18.2 Å². The molecule has 1 heterocycles. The van der Waals surface area contributed by atoms with Crippen molar-refractivity contribution in [2.45, 2.75) is 0 Å². The van der Waals surface area contributed by atoms with Gasteiger partial charge in [0.2, 0.25) is 5.95 Å². The maximum Gasteiger partial charge on any atom is 0.249 e. The van der Waals surface area contributed by atoms with Crippen molar-refractivity contribution in [3.63, 3.8) is 0 Å². The van der Waals surface area contributed by atoms with Gasteiger partial charge in [-0.2, -0.15) is 10.1 Å². The van der Waals surface area contributed by atoms with E-state index in [4.69, 9.17) is 11.6 Å². The van der Waals surface area contributed by atoms with Crippen molar-refractivity contribution in [1.29, 1.82) is 0 Å². The first-order valence-electron chi connectivity index (χ1n) is 6.55. The standard InChI is InChI=1S/C15H10ClF2N5/c16-10-7-9(5-6-11(10)17)20-15-22-14(8-19-23-15)21-13-4-2-1-3-12(13)18/h1-8H,(H2,20,21,22,23). The zero-order chi connectivity index (χ0) is 16.2. The summed E-state index contributed by atoms with van der Waals surface area (Å²) in [5, 5.41) is 13.2. The van der Waals surface area contributed by atoms with Crippen LogP contribution in [0.5, 0.6) is 0 Å². The topological polar surface area (TPSA) is 62.7 Å². The number of benzene rings is 2. The average molecular weight is 334 g/mol. The van der Waals surface area contributed by atoms with Crippen molar-refractivity contribution < 1.29 is 8.78 Å². The summed E-state index contributed by atoms with van der Waals surface area (Å²) in [5.41, 5.74) is 0.769. The van der Waals surface area contributed by atoms with Gasteiger partial charge in [-0.15, -0.1) is 5.10 Å². The van der Waals surface area contributed by atoms with Gasteiger partial charge in [0, 0.05) is 5.69 Å². The summed E-state index contributed by atoms with van der Waals surface area (Å²) >= 11 is 5.71. The molecule has 0 radical (unpaired) electrons. The second-order valence-corrected chi connectivity index (χ2v) is 4.93. The molecule has 3 rings (SSSR count). The monoisotopic (exact) mass is 333 g/mol. The van der Waals surface area contributed by atoms with Gasteiger partial charge in [-0.25, -0.2) is 8.78 Å². The minimum absolute atomic E-state index is 0.0244. The highest BCUT2D eigenvalue weighted by atomic mass is 35.5. The average Bonchev–Trinajstić information content (AvgIpc) is 2.54. The molecule has 0 aliphatic heterocycles. The third-order valence-electron chi connectivity index (χ3n) is 2.87. The van der Waals surface area contributed by atoms with Gasteiger partial charge in [0.25, 0.3) is 0 Å². The molecule has 8 heteroatoms. The highest BCUT2D eigenvalue weighted by Crippen LogP contribution is 2.22. The summed E-state index contributed by atoms with van der Waals surface area (Å²) in [7, 11) is 0. The predicted octanol–water partition coefficient (Wildman–Crippen LogP) is 4.29. The van der Waals surface area contributed by atoms with Gasteiger partial charge in [-0.1, -0.05) is 23.7 Å². The molecule has 0 atom stereocenters. The Labute approximate surface area is 135 Å². The summed E-state index contributed by atoms with van der Waals surface area (Å²) in [5.74, 6) is -0.466. The van der Waals surface area contributed by atoms with E-state index in [1.165, 1.54) is 30.5 Å². The molecule has 0 bridgehead atoms. The van der Waals surface area contributed by atoms with Gasteiger partial charge < -0.3 is 10.6 Å². The Morgan fingerprint density at radius 1 is 0.957 bits per heavy atom. The Kier molecular flexibility index (Phi) is 4.29. The minimum atomic E-state index is -0.522. The molecular weight excluding hydrogens is 324 g/mol. The van der Waals surface area contributed by atoms with E-state index in [9.17, 15) is 8.78 Å². The smallest absolute Gasteiger partial charge is 0.249 e. The van der Waals surface area contributed by atoms with Crippen molar-refractivity contribution in [3.05, 3.63) is 65.3 Å². The Bertz CT molecular complexity index is 844. The molecule has 0 saturated carbocycles. The van der Waals surface area contributed by atoms with Crippen LogP contribution in [-0.2, 0) is 0 Å². The second kappa shape index (κ2) is 6.53. The molecule has 0 amide bonds. The molecule has 0 fully saturated rings. The van der Waals surface area contributed by atoms with E-state index in [0.29, 0.717) is 11.5 Å². The molecule has 0 saturated heterocycles. The molecule has 0 unspecified atom stereocenters. The molecule has 2 aromatic carbocycles. The molecule has 116 valence electrons. The molecule has 0 aliphatic rings. The maximum absolute atomic E-state index is 13.6. The van der Waals surface area contributed by atoms with Crippen LogP contribution in [0, 0.1) is 11.6 Å². The third kappa shape index (κ3) is 3.70. The first-order chi connectivity index (χ1) is 11.1. The number of anilines is 4. The predicted molar refractivity (Wildman–Crippen MR) is 84.2 cm³/mol. The van der Waals surface area contributed by atoms with Gasteiger partial charge in [0.15, 0.2) is 5.82 Å². The fourth-order valence-corrected chi connectivity index (χ4v) is 2.00. The van der Waals surface area contributed by atoms with Gasteiger partial charge in [-0.3, -0.25) is 0 Å². The van der Waals surface area contributed by atoms with Crippen molar-refractivity contribution in [2.75, 3.05) is 10.6 Å². The number of aromatic nitrogens is 3. The third-order valence-corrected chi connectivity index (χ3v) is 3.16. The van der Waals surface area contributed by atoms with Crippen LogP contribution in [0.2, 0.25) is 5.02 Å². The lowest BCUT2D eigenvalue weighted by Crippen LogP contribution is -2.03. The molecule has 23 heavy (non-hydrogen) atoms. The number of hydrogen-bond acceptors (Lipinski definition) is 5. The maximum atomic E-state index is 13.6. The van der Waals surface area contributed by atoms with Crippen LogP contribution in [-0.4, -0.2) is 15.2 Å². The van der Waals surface area contributed by atoms with Crippen molar-refractivity contribution >= 4 is 34.7 Å². The van der Waals surface area contributed by atoms with Crippen LogP contribution in [0.3, 0.4) is 0 Å². The van der Waals surface area contributed by atoms with Gasteiger partial charge in [-0.05, 0) is 30.3 Å². The Morgan fingerprint density at radius 2 is 1.78 bits per heavy atom. The zero-order valence-corrected chi connectivity index (χ0v) is 12.4. The number of hydrogen-bond donors (Lipinski definition) is 2. The van der Waals surface area contributed by atoms with Crippen LogP contribution in [0.1, 0.15) is 0 Å². The summed E-state index contributed by atoms with van der Waals surface area (Å²) in [6.45, 7) is 0. The minimum Gasteiger partial charge on any atom is -0.336 e. The normalized spacial score (nSPS) is 10.4. The largest absolute Gasteiger partial charge is 0.336 e. The van der Waals surface area contributed by atoms with Crippen LogP contribution in [0.15, 0.2) is 48.7 Å². The van der Waals surface area contributed by atoms with Gasteiger partial charge in [0.05, 0.1) is 16.9 Å². The molecule has 5 nitrogen and oxygen atoms in total. The van der Waals surface area contributed by atoms with Crippen LogP contribution >= 0.6 is 11.6 Å². The van der Waals surface area contributed by atoms with E-state index in [1.807, 2.05) is 0 Å². The van der Waals surface area contributed by atoms with Crippen molar-refractivity contribution in [2.24, 2.45) is 0 Å². The van der Waals surface area contributed by atoms with Crippen molar-refractivity contribution in [1.82, 2.24) is 15.2 Å². The lowest BCUT2D eigenvalue weighted by Gasteiger charge is -2.08. The Balaban J connectivity index is 1.79. The van der Waals surface area contributed by atoms with Gasteiger partial charge in [0.1, 0.15) is 11.6 Å². The van der Waals surface area contributed by atoms with E-state index < -0.39 is 11.6 Å². The van der Waals surface area contributed by atoms with E-state index >= 15 is 0 Å². The fourth-order valence-electron chi connectivity index (χ4n) is 1.82. The number of nitrogens with zero attached hydrogens (tertiary/aromatic N) is 3. The number of halogens is 3. The first kappa shape index (κ1) is 15.1. The lowest BCUT2D eigenvalue weighted by molar-refractivity contribution is 0.628. The zero-order valence-electron chi connectivity index (χ0n) is 11.6. The fraction of sp³-hybridized carbons (Fsp3) is 0. The molecule has 0 spiro atoms. The summed E-state index contributed by atoms with van der Waals surface area (Å²) < 4.78 is 26.7. The van der Waals surface area contributed by atoms with E-state index in [-0.39, 0.29) is 16.7 Å². The molecule has 0 aliphatic carbocycles. The Hall–Kier alpha value is -2.80. The van der Waals surface area contributed by atoms with E-state index in [2.05, 4.69) is 25.8 Å². The highest BCUT2D eigenvalue weighted by molar-refractivity contribution is 6.31. The number of nitrogens with one attached hydrogen (secondary N) is 2. The first-order valence-corrected chi connectivity index (χ1v) is 6.93. The van der Waals surface area contributed by atoms with Crippen LogP contribution in [0.25, 0.3) is 0 Å². The molecule has 1 aromatic heterocycles. The molecule has 3 aromatic rings. The van der Waals surface area contributed by atoms with Crippen LogP contribution in [0.4, 0.5) is 31.9 Å². The van der Waals surface area contributed by atoms with E-state index in [0.717, 1.165) is 0 Å². The summed E-state index contributed by atoms with van der Waals surface area (Å²) in [6, 6.07) is 10.3. The molecule has 2 N–H and O–H groups in total. The quantitative estimate of drug-likeness (QED) is 0.745. The van der Waals surface area contributed by atoms with Gasteiger partial charge >= 0.3 is 0 Å². The summed E-state index contributed by atoms with van der Waals surface area (Å²) in [6.07, 6.45) is 1.36. The number of rotatable bonds is 4. The second-order valence-electron chi connectivity index (χ2n) is 4.52. The van der Waals surface area contributed by atoms with Crippen LogP contribution < -0.4 is 10.6 Å². The van der Waals surface area contributed by atoms with Crippen molar-refractivity contribution in [3.8, 4) is 0 Å².